The lowest BCUT2D eigenvalue weighted by Gasteiger charge is -2.21. The van der Waals surface area contributed by atoms with Gasteiger partial charge in [0.05, 0.1) is 16.8 Å². The zero-order chi connectivity index (χ0) is 15.9. The van der Waals surface area contributed by atoms with Gasteiger partial charge in [-0.1, -0.05) is 26.0 Å². The maximum atomic E-state index is 13.7. The van der Waals surface area contributed by atoms with Crippen molar-refractivity contribution >= 4 is 17.5 Å². The lowest BCUT2D eigenvalue weighted by atomic mass is 10.0. The van der Waals surface area contributed by atoms with E-state index in [0.717, 1.165) is 0 Å². The monoisotopic (exact) mass is 297 g/mol. The van der Waals surface area contributed by atoms with E-state index in [4.69, 9.17) is 0 Å². The topological polar surface area (TPSA) is 37.4 Å². The molecule has 1 heterocycles. The molecule has 0 spiro atoms. The Kier molecular flexibility index (Phi) is 3.53. The maximum absolute atomic E-state index is 13.7. The summed E-state index contributed by atoms with van der Waals surface area (Å²) in [5, 5.41) is 0. The average molecular weight is 297 g/mol. The Labute approximate surface area is 128 Å². The van der Waals surface area contributed by atoms with Gasteiger partial charge in [-0.05, 0) is 48.2 Å². The summed E-state index contributed by atoms with van der Waals surface area (Å²) < 4.78 is 13.7. The van der Waals surface area contributed by atoms with Crippen LogP contribution < -0.4 is 4.90 Å². The Hall–Kier alpha value is -2.49. The molecule has 112 valence electrons. The fourth-order valence-corrected chi connectivity index (χ4v) is 2.94. The number of carbonyl (C=O) groups is 2. The number of anilines is 1. The molecular weight excluding hydrogens is 281 g/mol. The number of amides is 2. The molecule has 0 N–H and O–H groups in total. The minimum atomic E-state index is -0.339. The molecule has 0 unspecified atom stereocenters. The Morgan fingerprint density at radius 2 is 1.36 bits per heavy atom. The van der Waals surface area contributed by atoms with E-state index in [-0.39, 0.29) is 17.6 Å². The van der Waals surface area contributed by atoms with E-state index < -0.39 is 0 Å². The molecule has 0 radical (unpaired) electrons. The Morgan fingerprint density at radius 3 is 1.77 bits per heavy atom. The lowest BCUT2D eigenvalue weighted by molar-refractivity contribution is 0.0925. The maximum Gasteiger partial charge on any atom is 0.266 e. The summed E-state index contributed by atoms with van der Waals surface area (Å²) >= 11 is 0. The smallest absolute Gasteiger partial charge is 0.266 e. The Bertz CT molecular complexity index is 722. The van der Waals surface area contributed by atoms with Gasteiger partial charge in [-0.25, -0.2) is 9.29 Å². The molecule has 0 fully saturated rings. The predicted octanol–water partition coefficient (Wildman–Crippen LogP) is 3.75. The number of carbonyl (C=O) groups excluding carboxylic acids is 2. The van der Waals surface area contributed by atoms with E-state index in [1.807, 2.05) is 13.8 Å². The van der Waals surface area contributed by atoms with E-state index >= 15 is 0 Å². The van der Waals surface area contributed by atoms with Gasteiger partial charge in [-0.15, -0.1) is 0 Å². The number of fused-ring (bicyclic) bond motifs is 1. The molecule has 2 amide bonds. The number of hydrogen-bond donors (Lipinski definition) is 0. The molecule has 3 rings (SSSR count). The van der Waals surface area contributed by atoms with Crippen molar-refractivity contribution in [3.8, 4) is 0 Å². The van der Waals surface area contributed by atoms with Gasteiger partial charge < -0.3 is 0 Å². The van der Waals surface area contributed by atoms with Crippen LogP contribution in [-0.2, 0) is 12.8 Å². The first-order valence-corrected chi connectivity index (χ1v) is 7.37. The van der Waals surface area contributed by atoms with Gasteiger partial charge in [0.1, 0.15) is 5.82 Å². The summed E-state index contributed by atoms with van der Waals surface area (Å²) in [7, 11) is 0. The van der Waals surface area contributed by atoms with Gasteiger partial charge in [0, 0.05) is 0 Å². The highest BCUT2D eigenvalue weighted by molar-refractivity contribution is 6.34. The van der Waals surface area contributed by atoms with Crippen LogP contribution in [0.3, 0.4) is 0 Å². The normalized spacial score (nSPS) is 13.7. The third-order valence-electron chi connectivity index (χ3n) is 4.01. The fourth-order valence-electron chi connectivity index (χ4n) is 2.94. The van der Waals surface area contributed by atoms with E-state index in [2.05, 4.69) is 0 Å². The van der Waals surface area contributed by atoms with Crippen LogP contribution in [0.4, 0.5) is 10.1 Å². The molecule has 0 saturated carbocycles. The minimum absolute atomic E-state index is 0.336. The predicted molar refractivity (Wildman–Crippen MR) is 82.7 cm³/mol. The molecule has 2 aromatic carbocycles. The second-order valence-corrected chi connectivity index (χ2v) is 5.27. The van der Waals surface area contributed by atoms with E-state index in [9.17, 15) is 14.0 Å². The second-order valence-electron chi connectivity index (χ2n) is 5.27. The molecule has 22 heavy (non-hydrogen) atoms. The van der Waals surface area contributed by atoms with Crippen LogP contribution in [-0.4, -0.2) is 11.8 Å². The molecule has 1 aliphatic heterocycles. The number of benzene rings is 2. The highest BCUT2D eigenvalue weighted by Crippen LogP contribution is 2.34. The molecule has 0 aromatic heterocycles. The van der Waals surface area contributed by atoms with E-state index in [0.29, 0.717) is 40.8 Å². The number of hydrogen-bond acceptors (Lipinski definition) is 2. The van der Waals surface area contributed by atoms with Crippen LogP contribution in [0.5, 0.6) is 0 Å². The second kappa shape index (κ2) is 5.37. The molecule has 3 nitrogen and oxygen atoms in total. The zero-order valence-electron chi connectivity index (χ0n) is 12.5. The summed E-state index contributed by atoms with van der Waals surface area (Å²) in [6.07, 6.45) is 1.10. The standard InChI is InChI=1S/C18H16FNO2/c1-3-11-9-13(19)10-12(4-2)16(11)20-17(21)14-7-5-6-8-15(14)18(20)22/h5-10H,3-4H2,1-2H3. The molecule has 0 bridgehead atoms. The Balaban J connectivity index is 2.21. The van der Waals surface area contributed by atoms with Crippen molar-refractivity contribution in [1.29, 1.82) is 0 Å². The molecular formula is C18H16FNO2. The molecule has 1 aliphatic rings. The minimum Gasteiger partial charge on any atom is -0.268 e. The molecule has 0 aliphatic carbocycles. The van der Waals surface area contributed by atoms with Crippen LogP contribution in [0.25, 0.3) is 0 Å². The SMILES string of the molecule is CCc1cc(F)cc(CC)c1N1C(=O)c2ccccc2C1=O. The van der Waals surface area contributed by atoms with Crippen LogP contribution in [0, 0.1) is 5.82 Å². The van der Waals surface area contributed by atoms with Crippen LogP contribution >= 0.6 is 0 Å². The number of nitrogens with zero attached hydrogens (tertiary/aromatic N) is 1. The molecule has 0 saturated heterocycles. The quantitative estimate of drug-likeness (QED) is 0.809. The first-order valence-electron chi connectivity index (χ1n) is 7.37. The van der Waals surface area contributed by atoms with Crippen LogP contribution in [0.15, 0.2) is 36.4 Å². The van der Waals surface area contributed by atoms with Gasteiger partial charge in [0.25, 0.3) is 11.8 Å². The van der Waals surface area contributed by atoms with Crippen molar-refractivity contribution in [3.63, 3.8) is 0 Å². The van der Waals surface area contributed by atoms with Crippen molar-refractivity contribution in [2.24, 2.45) is 0 Å². The highest BCUT2D eigenvalue weighted by atomic mass is 19.1. The van der Waals surface area contributed by atoms with Crippen molar-refractivity contribution in [2.45, 2.75) is 26.7 Å². The molecule has 0 atom stereocenters. The summed E-state index contributed by atoms with van der Waals surface area (Å²) in [4.78, 5) is 26.5. The highest BCUT2D eigenvalue weighted by Gasteiger charge is 2.38. The first-order chi connectivity index (χ1) is 10.6. The van der Waals surface area contributed by atoms with Gasteiger partial charge in [0.15, 0.2) is 0 Å². The van der Waals surface area contributed by atoms with Crippen LogP contribution in [0.2, 0.25) is 0 Å². The van der Waals surface area contributed by atoms with Gasteiger partial charge in [-0.3, -0.25) is 9.59 Å². The average Bonchev–Trinajstić information content (AvgIpc) is 2.78. The van der Waals surface area contributed by atoms with Gasteiger partial charge >= 0.3 is 0 Å². The van der Waals surface area contributed by atoms with Gasteiger partial charge in [0.2, 0.25) is 0 Å². The van der Waals surface area contributed by atoms with E-state index in [1.54, 1.807) is 24.3 Å². The largest absolute Gasteiger partial charge is 0.268 e. The summed E-state index contributed by atoms with van der Waals surface area (Å²) in [5.41, 5.74) is 2.69. The third kappa shape index (κ3) is 2.03. The summed E-state index contributed by atoms with van der Waals surface area (Å²) in [6.45, 7) is 3.77. The zero-order valence-corrected chi connectivity index (χ0v) is 12.5. The van der Waals surface area contributed by atoms with Crippen molar-refractivity contribution < 1.29 is 14.0 Å². The fraction of sp³-hybridized carbons (Fsp3) is 0.222. The molecule has 4 heteroatoms. The first kappa shape index (κ1) is 14.4. The lowest BCUT2D eigenvalue weighted by Crippen LogP contribution is -2.31. The van der Waals surface area contributed by atoms with Crippen molar-refractivity contribution in [2.75, 3.05) is 4.90 Å². The number of halogens is 1. The van der Waals surface area contributed by atoms with Gasteiger partial charge in [-0.2, -0.15) is 0 Å². The van der Waals surface area contributed by atoms with Crippen molar-refractivity contribution in [3.05, 3.63) is 64.5 Å². The van der Waals surface area contributed by atoms with Crippen molar-refractivity contribution in [1.82, 2.24) is 0 Å². The number of rotatable bonds is 3. The molecule has 2 aromatic rings. The summed E-state index contributed by atoms with van der Waals surface area (Å²) in [5.74, 6) is -1.01. The third-order valence-corrected chi connectivity index (χ3v) is 4.01. The van der Waals surface area contributed by atoms with Crippen LogP contribution in [0.1, 0.15) is 45.7 Å². The summed E-state index contributed by atoms with van der Waals surface area (Å²) in [6, 6.07) is 9.57. The number of aryl methyl sites for hydroxylation is 2. The Morgan fingerprint density at radius 1 is 0.909 bits per heavy atom. The number of imide groups is 1. The van der Waals surface area contributed by atoms with E-state index in [1.165, 1.54) is 17.0 Å².